The molecule has 1 amide bonds. The van der Waals surface area contributed by atoms with Crippen molar-refractivity contribution >= 4 is 17.3 Å². The lowest BCUT2D eigenvalue weighted by atomic mass is 10.1. The van der Waals surface area contributed by atoms with E-state index in [1.807, 2.05) is 23.1 Å². The van der Waals surface area contributed by atoms with E-state index < -0.39 is 0 Å². The Kier molecular flexibility index (Phi) is 2.62. The molecule has 1 heterocycles. The van der Waals surface area contributed by atoms with Crippen LogP contribution in [0.3, 0.4) is 0 Å². The molecule has 0 radical (unpaired) electrons. The topological polar surface area (TPSA) is 46.3 Å². The van der Waals surface area contributed by atoms with Gasteiger partial charge in [0.25, 0.3) is 0 Å². The van der Waals surface area contributed by atoms with Crippen LogP contribution in [0.1, 0.15) is 25.3 Å². The van der Waals surface area contributed by atoms with Crippen LogP contribution >= 0.6 is 0 Å². The Bertz CT molecular complexity index is 387. The average molecular weight is 204 g/mol. The van der Waals surface area contributed by atoms with Crippen molar-refractivity contribution in [1.29, 1.82) is 0 Å². The normalized spacial score (nSPS) is 16.1. The third kappa shape index (κ3) is 1.69. The van der Waals surface area contributed by atoms with Gasteiger partial charge in [0.15, 0.2) is 0 Å². The van der Waals surface area contributed by atoms with Gasteiger partial charge < -0.3 is 10.6 Å². The lowest BCUT2D eigenvalue weighted by Gasteiger charge is -2.20. The van der Waals surface area contributed by atoms with Crippen LogP contribution in [0.15, 0.2) is 18.2 Å². The molecule has 0 aromatic heterocycles. The molecule has 15 heavy (non-hydrogen) atoms. The lowest BCUT2D eigenvalue weighted by Crippen LogP contribution is -2.25. The van der Waals surface area contributed by atoms with Gasteiger partial charge in [-0.2, -0.15) is 0 Å². The van der Waals surface area contributed by atoms with E-state index >= 15 is 0 Å². The van der Waals surface area contributed by atoms with Crippen LogP contribution in [-0.4, -0.2) is 12.5 Å². The van der Waals surface area contributed by atoms with Crippen molar-refractivity contribution in [2.24, 2.45) is 0 Å². The zero-order valence-corrected chi connectivity index (χ0v) is 8.99. The van der Waals surface area contributed by atoms with Gasteiger partial charge in [0.2, 0.25) is 5.91 Å². The molecule has 1 aromatic rings. The molecule has 80 valence electrons. The van der Waals surface area contributed by atoms with Crippen molar-refractivity contribution in [3.63, 3.8) is 0 Å². The first kappa shape index (κ1) is 10.0. The first-order chi connectivity index (χ1) is 7.24. The zero-order chi connectivity index (χ0) is 10.8. The van der Waals surface area contributed by atoms with E-state index in [-0.39, 0.29) is 5.91 Å². The number of nitrogens with two attached hydrogens (primary N) is 1. The van der Waals surface area contributed by atoms with Crippen LogP contribution in [0.25, 0.3) is 0 Å². The van der Waals surface area contributed by atoms with E-state index in [1.165, 1.54) is 0 Å². The summed E-state index contributed by atoms with van der Waals surface area (Å²) in [5.41, 5.74) is 8.78. The predicted octanol–water partition coefficient (Wildman–Crippen LogP) is 1.96. The largest absolute Gasteiger partial charge is 0.398 e. The van der Waals surface area contributed by atoms with E-state index in [1.54, 1.807) is 0 Å². The first-order valence-corrected chi connectivity index (χ1v) is 5.41. The number of amides is 1. The molecule has 1 saturated heterocycles. The molecule has 1 aliphatic rings. The molecule has 1 fully saturated rings. The molecule has 1 aliphatic heterocycles. The van der Waals surface area contributed by atoms with Gasteiger partial charge >= 0.3 is 0 Å². The molecule has 0 aliphatic carbocycles. The Labute approximate surface area is 89.9 Å². The number of rotatable bonds is 2. The number of nitrogen functional groups attached to an aromatic ring is 1. The highest BCUT2D eigenvalue weighted by molar-refractivity contribution is 5.96. The fraction of sp³-hybridized carbons (Fsp3) is 0.417. The van der Waals surface area contributed by atoms with Crippen molar-refractivity contribution in [3.05, 3.63) is 23.8 Å². The average Bonchev–Trinajstić information content (AvgIpc) is 2.64. The van der Waals surface area contributed by atoms with Crippen LogP contribution in [0.5, 0.6) is 0 Å². The van der Waals surface area contributed by atoms with Crippen molar-refractivity contribution in [2.75, 3.05) is 17.2 Å². The maximum atomic E-state index is 11.6. The highest BCUT2D eigenvalue weighted by Gasteiger charge is 2.23. The maximum Gasteiger partial charge on any atom is 0.227 e. The molecule has 3 nitrogen and oxygen atoms in total. The summed E-state index contributed by atoms with van der Waals surface area (Å²) in [6.45, 7) is 2.89. The second kappa shape index (κ2) is 3.93. The molecule has 2 N–H and O–H groups in total. The van der Waals surface area contributed by atoms with Gasteiger partial charge in [-0.25, -0.2) is 0 Å². The molecule has 3 heteroatoms. The molecular weight excluding hydrogens is 188 g/mol. The Balaban J connectivity index is 2.42. The summed E-state index contributed by atoms with van der Waals surface area (Å²) in [6.07, 6.45) is 2.49. The molecular formula is C12H16N2O. The number of anilines is 2. The third-order valence-electron chi connectivity index (χ3n) is 2.91. The van der Waals surface area contributed by atoms with Crippen molar-refractivity contribution in [3.8, 4) is 0 Å². The molecule has 2 rings (SSSR count). The quantitative estimate of drug-likeness (QED) is 0.748. The van der Waals surface area contributed by atoms with Crippen molar-refractivity contribution in [1.82, 2.24) is 0 Å². The minimum Gasteiger partial charge on any atom is -0.398 e. The smallest absolute Gasteiger partial charge is 0.227 e. The maximum absolute atomic E-state index is 11.6. The minimum absolute atomic E-state index is 0.218. The molecule has 0 bridgehead atoms. The second-order valence-electron chi connectivity index (χ2n) is 3.85. The minimum atomic E-state index is 0.218. The number of hydrogen-bond acceptors (Lipinski definition) is 2. The van der Waals surface area contributed by atoms with E-state index in [2.05, 4.69) is 6.92 Å². The zero-order valence-electron chi connectivity index (χ0n) is 8.99. The van der Waals surface area contributed by atoms with Crippen LogP contribution in [0, 0.1) is 0 Å². The Hall–Kier alpha value is -1.51. The third-order valence-corrected chi connectivity index (χ3v) is 2.91. The van der Waals surface area contributed by atoms with Gasteiger partial charge in [-0.3, -0.25) is 4.79 Å². The van der Waals surface area contributed by atoms with Gasteiger partial charge in [0, 0.05) is 24.3 Å². The fourth-order valence-electron chi connectivity index (χ4n) is 2.13. The van der Waals surface area contributed by atoms with Crippen molar-refractivity contribution < 1.29 is 4.79 Å². The highest BCUT2D eigenvalue weighted by atomic mass is 16.2. The summed E-state index contributed by atoms with van der Waals surface area (Å²) in [4.78, 5) is 13.5. The summed E-state index contributed by atoms with van der Waals surface area (Å²) in [7, 11) is 0. The van der Waals surface area contributed by atoms with E-state index in [0.717, 1.165) is 36.3 Å². The highest BCUT2D eigenvalue weighted by Crippen LogP contribution is 2.29. The van der Waals surface area contributed by atoms with Gasteiger partial charge in [-0.05, 0) is 30.5 Å². The van der Waals surface area contributed by atoms with Gasteiger partial charge in [-0.1, -0.05) is 13.0 Å². The van der Waals surface area contributed by atoms with Crippen LogP contribution in [-0.2, 0) is 11.2 Å². The number of nitrogens with zero attached hydrogens (tertiary/aromatic N) is 1. The second-order valence-corrected chi connectivity index (χ2v) is 3.85. The van der Waals surface area contributed by atoms with Gasteiger partial charge in [0.05, 0.1) is 0 Å². The predicted molar refractivity (Wildman–Crippen MR) is 61.8 cm³/mol. The van der Waals surface area contributed by atoms with Gasteiger partial charge in [0.1, 0.15) is 0 Å². The molecule has 0 saturated carbocycles. The van der Waals surface area contributed by atoms with E-state index in [9.17, 15) is 4.79 Å². The summed E-state index contributed by atoms with van der Waals surface area (Å²) in [6, 6.07) is 5.79. The van der Waals surface area contributed by atoms with Crippen molar-refractivity contribution in [2.45, 2.75) is 26.2 Å². The Morgan fingerprint density at radius 2 is 2.27 bits per heavy atom. The van der Waals surface area contributed by atoms with E-state index in [0.29, 0.717) is 6.42 Å². The number of carbonyl (C=O) groups is 1. The first-order valence-electron chi connectivity index (χ1n) is 5.41. The molecule has 1 aromatic carbocycles. The monoisotopic (exact) mass is 204 g/mol. The summed E-state index contributed by atoms with van der Waals surface area (Å²) in [5.74, 6) is 0.218. The Morgan fingerprint density at radius 3 is 2.87 bits per heavy atom. The summed E-state index contributed by atoms with van der Waals surface area (Å²) < 4.78 is 0. The Morgan fingerprint density at radius 1 is 1.47 bits per heavy atom. The standard InChI is InChI=1S/C12H16N2O/c1-2-9-10(13)5-3-6-11(9)14-8-4-7-12(14)15/h3,5-6H,2,4,7-8,13H2,1H3. The van der Waals surface area contributed by atoms with Crippen LogP contribution < -0.4 is 10.6 Å². The number of benzene rings is 1. The number of carbonyl (C=O) groups excluding carboxylic acids is 1. The van der Waals surface area contributed by atoms with E-state index in [4.69, 9.17) is 5.73 Å². The van der Waals surface area contributed by atoms with Crippen LogP contribution in [0.2, 0.25) is 0 Å². The number of hydrogen-bond donors (Lipinski definition) is 1. The molecule has 0 spiro atoms. The lowest BCUT2D eigenvalue weighted by molar-refractivity contribution is -0.117. The molecule has 0 unspecified atom stereocenters. The fourth-order valence-corrected chi connectivity index (χ4v) is 2.13. The molecule has 0 atom stereocenters. The summed E-state index contributed by atoms with van der Waals surface area (Å²) >= 11 is 0. The summed E-state index contributed by atoms with van der Waals surface area (Å²) in [5, 5.41) is 0. The van der Waals surface area contributed by atoms with Gasteiger partial charge in [-0.15, -0.1) is 0 Å². The SMILES string of the molecule is CCc1c(N)cccc1N1CCCC1=O. The van der Waals surface area contributed by atoms with Crippen LogP contribution in [0.4, 0.5) is 11.4 Å².